The molecule has 3 heterocycles. The summed E-state index contributed by atoms with van der Waals surface area (Å²) < 4.78 is 26.3. The third kappa shape index (κ3) is 3.70. The predicted molar refractivity (Wildman–Crippen MR) is 121 cm³/mol. The molecular weight excluding hydrogens is 433 g/mol. The van der Waals surface area contributed by atoms with Crippen LogP contribution in [0, 0.1) is 5.82 Å². The fourth-order valence-corrected chi connectivity index (χ4v) is 4.03. The predicted octanol–water partition coefficient (Wildman–Crippen LogP) is 5.15. The summed E-state index contributed by atoms with van der Waals surface area (Å²) in [5.74, 6) is -0.0647. The van der Waals surface area contributed by atoms with Crippen molar-refractivity contribution in [2.24, 2.45) is 4.99 Å². The molecule has 162 valence electrons. The lowest BCUT2D eigenvalue weighted by Gasteiger charge is -2.16. The van der Waals surface area contributed by atoms with Gasteiger partial charge in [-0.15, -0.1) is 0 Å². The molecule has 2 aromatic carbocycles. The van der Waals surface area contributed by atoms with Gasteiger partial charge in [-0.3, -0.25) is 4.99 Å². The molecule has 2 N–H and O–H groups in total. The number of fused-ring (bicyclic) bond motifs is 2. The molecule has 1 unspecified atom stereocenters. The first-order chi connectivity index (χ1) is 15.5. The number of hydrogen-bond acceptors (Lipinski definition) is 5. The number of aromatic nitrogens is 2. The Labute approximate surface area is 188 Å². The van der Waals surface area contributed by atoms with Gasteiger partial charge in [0.2, 0.25) is 0 Å². The molecule has 0 bridgehead atoms. The van der Waals surface area contributed by atoms with Crippen LogP contribution < -0.4 is 9.47 Å². The fourth-order valence-electron chi connectivity index (χ4n) is 3.87. The Bertz CT molecular complexity index is 1350. The molecule has 0 spiro atoms. The molecule has 0 fully saturated rings. The van der Waals surface area contributed by atoms with Crippen molar-refractivity contribution >= 4 is 34.0 Å². The van der Waals surface area contributed by atoms with Gasteiger partial charge in [-0.05, 0) is 23.8 Å². The highest BCUT2D eigenvalue weighted by molar-refractivity contribution is 6.31. The maximum Gasteiger partial charge on any atom is 0.164 e. The number of aliphatic hydroxyl groups excluding tert-OH is 1. The Balaban J connectivity index is 1.40. The van der Waals surface area contributed by atoms with E-state index in [-0.39, 0.29) is 17.9 Å². The van der Waals surface area contributed by atoms with Gasteiger partial charge in [0.15, 0.2) is 11.5 Å². The van der Waals surface area contributed by atoms with Crippen molar-refractivity contribution < 1.29 is 19.0 Å². The number of aliphatic imine (C=N–C) groups is 1. The maximum atomic E-state index is 15.0. The zero-order valence-corrected chi connectivity index (χ0v) is 17.9. The summed E-state index contributed by atoms with van der Waals surface area (Å²) in [5.41, 5.74) is 3.98. The quantitative estimate of drug-likeness (QED) is 0.424. The zero-order valence-electron chi connectivity index (χ0n) is 17.1. The number of pyridine rings is 1. The molecule has 8 heteroatoms. The van der Waals surface area contributed by atoms with Gasteiger partial charge in [-0.25, -0.2) is 9.37 Å². The number of benzene rings is 2. The van der Waals surface area contributed by atoms with Crippen molar-refractivity contribution in [1.29, 1.82) is 0 Å². The zero-order chi connectivity index (χ0) is 22.2. The number of rotatable bonds is 6. The van der Waals surface area contributed by atoms with Crippen molar-refractivity contribution in [2.75, 3.05) is 13.7 Å². The Hall–Kier alpha value is -3.42. The number of H-pyrrole nitrogens is 1. The minimum absolute atomic E-state index is 0.0562. The molecule has 1 atom stereocenters. The largest absolute Gasteiger partial charge is 0.493 e. The lowest BCUT2D eigenvalue weighted by molar-refractivity contribution is 0.215. The van der Waals surface area contributed by atoms with Crippen molar-refractivity contribution in [2.45, 2.75) is 12.5 Å². The number of aliphatic hydroxyl groups is 1. The highest BCUT2D eigenvalue weighted by Gasteiger charge is 2.23. The minimum atomic E-state index is -1.25. The summed E-state index contributed by atoms with van der Waals surface area (Å²) >= 11 is 6.04. The van der Waals surface area contributed by atoms with Crippen LogP contribution in [0.5, 0.6) is 11.5 Å². The van der Waals surface area contributed by atoms with Crippen LogP contribution >= 0.6 is 11.6 Å². The van der Waals surface area contributed by atoms with Gasteiger partial charge >= 0.3 is 0 Å². The highest BCUT2D eigenvalue weighted by Crippen LogP contribution is 2.37. The topological polar surface area (TPSA) is 79.7 Å². The highest BCUT2D eigenvalue weighted by atomic mass is 35.5. The Morgan fingerprint density at radius 3 is 2.84 bits per heavy atom. The summed E-state index contributed by atoms with van der Waals surface area (Å²) in [6.45, 7) is 0.207. The average molecular weight is 452 g/mol. The number of halogens is 2. The summed E-state index contributed by atoms with van der Waals surface area (Å²) in [6, 6.07) is 12.2. The van der Waals surface area contributed by atoms with Gasteiger partial charge in [0, 0.05) is 41.4 Å². The van der Waals surface area contributed by atoms with Gasteiger partial charge in [0.1, 0.15) is 24.2 Å². The van der Waals surface area contributed by atoms with Gasteiger partial charge in [0.05, 0.1) is 23.5 Å². The number of aromatic amines is 1. The van der Waals surface area contributed by atoms with Crippen molar-refractivity contribution in [3.63, 3.8) is 0 Å². The molecule has 0 saturated carbocycles. The second-order valence-corrected chi connectivity index (χ2v) is 7.93. The molecule has 0 aliphatic carbocycles. The smallest absolute Gasteiger partial charge is 0.164 e. The Morgan fingerprint density at radius 1 is 1.19 bits per heavy atom. The Kier molecular flexibility index (Phi) is 5.28. The van der Waals surface area contributed by atoms with Crippen LogP contribution in [0.15, 0.2) is 59.9 Å². The van der Waals surface area contributed by atoms with Crippen LogP contribution in [0.2, 0.25) is 5.02 Å². The second-order valence-electron chi connectivity index (χ2n) is 7.49. The van der Waals surface area contributed by atoms with E-state index in [0.29, 0.717) is 33.8 Å². The normalized spacial score (nSPS) is 13.7. The van der Waals surface area contributed by atoms with Gasteiger partial charge < -0.3 is 19.6 Å². The van der Waals surface area contributed by atoms with Crippen LogP contribution in [-0.2, 0) is 6.42 Å². The third-order valence-electron chi connectivity index (χ3n) is 5.46. The fraction of sp³-hybridized carbons (Fsp3) is 0.167. The number of para-hydroxylation sites is 1. The van der Waals surface area contributed by atoms with E-state index < -0.39 is 11.9 Å². The van der Waals surface area contributed by atoms with Crippen LogP contribution in [0.25, 0.3) is 11.0 Å². The lowest BCUT2D eigenvalue weighted by Crippen LogP contribution is -2.12. The second kappa shape index (κ2) is 8.26. The summed E-state index contributed by atoms with van der Waals surface area (Å²) in [6.07, 6.45) is 2.53. The van der Waals surface area contributed by atoms with Crippen molar-refractivity contribution in [1.82, 2.24) is 9.97 Å². The van der Waals surface area contributed by atoms with E-state index >= 15 is 4.39 Å². The summed E-state index contributed by atoms with van der Waals surface area (Å²) in [4.78, 5) is 11.7. The van der Waals surface area contributed by atoms with Crippen molar-refractivity contribution in [3.05, 3.63) is 82.4 Å². The van der Waals surface area contributed by atoms with Crippen LogP contribution in [0.3, 0.4) is 0 Å². The lowest BCUT2D eigenvalue weighted by atomic mass is 10.0. The van der Waals surface area contributed by atoms with E-state index in [4.69, 9.17) is 21.1 Å². The van der Waals surface area contributed by atoms with E-state index in [1.807, 2.05) is 24.3 Å². The molecule has 0 radical (unpaired) electrons. The molecule has 2 aromatic heterocycles. The minimum Gasteiger partial charge on any atom is -0.493 e. The molecule has 5 rings (SSSR count). The molecule has 4 aromatic rings. The van der Waals surface area contributed by atoms with Crippen LogP contribution in [0.4, 0.5) is 10.1 Å². The van der Waals surface area contributed by atoms with Crippen LogP contribution in [0.1, 0.15) is 22.8 Å². The molecule has 0 amide bonds. The first kappa shape index (κ1) is 20.5. The van der Waals surface area contributed by atoms with Gasteiger partial charge in [-0.2, -0.15) is 0 Å². The van der Waals surface area contributed by atoms with E-state index in [1.54, 1.807) is 12.3 Å². The summed E-state index contributed by atoms with van der Waals surface area (Å²) in [7, 11) is 1.47. The third-order valence-corrected chi connectivity index (χ3v) is 5.67. The molecule has 6 nitrogen and oxygen atoms in total. The number of ether oxygens (including phenoxy) is 2. The maximum absolute atomic E-state index is 15.0. The molecule has 1 aliphatic rings. The molecule has 32 heavy (non-hydrogen) atoms. The number of methoxy groups -OCH3 is 1. The molecular formula is C24H19ClFN3O3. The average Bonchev–Trinajstić information content (AvgIpc) is 3.40. The SMILES string of the molecule is COc1cc(C(O)c2c[nH]c3ncc(Cl)cc23)c(F)cc1OCC1=Nc2ccccc2C1. The van der Waals surface area contributed by atoms with Gasteiger partial charge in [-0.1, -0.05) is 29.8 Å². The number of nitrogens with zero attached hydrogens (tertiary/aromatic N) is 2. The van der Waals surface area contributed by atoms with E-state index in [9.17, 15) is 5.11 Å². The Morgan fingerprint density at radius 2 is 2.03 bits per heavy atom. The molecule has 0 saturated heterocycles. The van der Waals surface area contributed by atoms with E-state index in [0.717, 1.165) is 17.0 Å². The number of hydrogen-bond donors (Lipinski definition) is 2. The standard InChI is InChI=1S/C24H19ClFN3O3/c1-31-21-8-17(23(30)18-11-28-24-16(18)7-14(25)10-27-24)19(26)9-22(21)32-12-15-6-13-4-2-3-5-20(13)29-15/h2-5,7-11,23,30H,6,12H2,1H3,(H,27,28). The monoisotopic (exact) mass is 451 g/mol. The number of nitrogens with one attached hydrogen (secondary N) is 1. The van der Waals surface area contributed by atoms with E-state index in [1.165, 1.54) is 25.4 Å². The summed E-state index contributed by atoms with van der Waals surface area (Å²) in [5, 5.41) is 12.0. The van der Waals surface area contributed by atoms with E-state index in [2.05, 4.69) is 15.0 Å². The first-order valence-electron chi connectivity index (χ1n) is 9.98. The van der Waals surface area contributed by atoms with Gasteiger partial charge in [0.25, 0.3) is 0 Å². The van der Waals surface area contributed by atoms with Crippen LogP contribution in [-0.4, -0.2) is 34.5 Å². The first-order valence-corrected chi connectivity index (χ1v) is 10.4. The van der Waals surface area contributed by atoms with Crippen molar-refractivity contribution in [3.8, 4) is 11.5 Å². The molecule has 1 aliphatic heterocycles.